The van der Waals surface area contributed by atoms with Gasteiger partial charge in [-0.05, 0) is 12.8 Å². The Morgan fingerprint density at radius 3 is 0.524 bits per heavy atom. The highest BCUT2D eigenvalue weighted by atomic mass is 16.5. The van der Waals surface area contributed by atoms with Crippen LogP contribution in [0, 0.1) is 0 Å². The summed E-state index contributed by atoms with van der Waals surface area (Å²) in [6, 6.07) is 0. The molecule has 0 aromatic rings. The smallest absolute Gasteiger partial charge is 0.305 e. The summed E-state index contributed by atoms with van der Waals surface area (Å²) in [6.45, 7) is 5.25. The van der Waals surface area contributed by atoms with Crippen molar-refractivity contribution < 1.29 is 9.53 Å². The first-order valence-electron chi connectivity index (χ1n) is 30.5. The molecule has 0 rings (SSSR count). The fourth-order valence-electron chi connectivity index (χ4n) is 9.97. The Labute approximate surface area is 400 Å². The molecule has 0 radical (unpaired) electrons. The normalized spacial score (nSPS) is 11.6. The van der Waals surface area contributed by atoms with Crippen LogP contribution in [0.25, 0.3) is 0 Å². The summed E-state index contributed by atoms with van der Waals surface area (Å²) >= 11 is 0. The van der Waals surface area contributed by atoms with Gasteiger partial charge in [0.2, 0.25) is 0 Å². The highest BCUT2D eigenvalue weighted by Crippen LogP contribution is 2.19. The largest absolute Gasteiger partial charge is 0.466 e. The summed E-state index contributed by atoms with van der Waals surface area (Å²) in [6.07, 6.45) is 80.3. The van der Waals surface area contributed by atoms with Gasteiger partial charge in [-0.15, -0.1) is 0 Å². The second-order valence-corrected chi connectivity index (χ2v) is 21.1. The van der Waals surface area contributed by atoms with Crippen LogP contribution in [0.2, 0.25) is 0 Å². The van der Waals surface area contributed by atoms with Crippen molar-refractivity contribution in [1.82, 2.24) is 0 Å². The Balaban J connectivity index is 3.14. The molecule has 378 valence electrons. The van der Waals surface area contributed by atoms with Crippen molar-refractivity contribution >= 4 is 5.97 Å². The van der Waals surface area contributed by atoms with Gasteiger partial charge in [-0.25, -0.2) is 0 Å². The van der Waals surface area contributed by atoms with Gasteiger partial charge in [0.15, 0.2) is 0 Å². The van der Waals surface area contributed by atoms with Crippen molar-refractivity contribution in [2.45, 2.75) is 380 Å². The molecule has 0 aromatic heterocycles. The van der Waals surface area contributed by atoms with Crippen molar-refractivity contribution in [3.05, 3.63) is 0 Å². The molecule has 0 bridgehead atoms. The number of unbranched alkanes of at least 4 members (excludes halogenated alkanes) is 54. The molecule has 0 aromatic carbocycles. The fourth-order valence-corrected chi connectivity index (χ4v) is 9.97. The Hall–Kier alpha value is -0.530. The topological polar surface area (TPSA) is 26.3 Å². The quantitative estimate of drug-likeness (QED) is 0.0449. The average Bonchev–Trinajstić information content (AvgIpc) is 3.29. The summed E-state index contributed by atoms with van der Waals surface area (Å²) in [5.41, 5.74) is 0. The first kappa shape index (κ1) is 62.5. The molecule has 0 aliphatic rings. The van der Waals surface area contributed by atoms with Gasteiger partial charge in [-0.3, -0.25) is 4.79 Å². The van der Waals surface area contributed by atoms with Gasteiger partial charge in [0, 0.05) is 6.42 Å². The van der Waals surface area contributed by atoms with Crippen LogP contribution in [0.3, 0.4) is 0 Å². The van der Waals surface area contributed by atoms with E-state index in [0.29, 0.717) is 13.0 Å². The molecule has 0 atom stereocenters. The van der Waals surface area contributed by atoms with Crippen molar-refractivity contribution in [2.75, 3.05) is 6.61 Å². The monoisotopic (exact) mass is 887 g/mol. The van der Waals surface area contributed by atoms with E-state index in [9.17, 15) is 4.79 Å². The summed E-state index contributed by atoms with van der Waals surface area (Å²) in [7, 11) is 0. The number of carbonyl (C=O) groups is 1. The Kier molecular flexibility index (Phi) is 59.0. The predicted octanol–water partition coefficient (Wildman–Crippen LogP) is 22.8. The summed E-state index contributed by atoms with van der Waals surface area (Å²) in [5.74, 6) is 0.0365. The highest BCUT2D eigenvalue weighted by Gasteiger charge is 2.03. The molecule has 0 aliphatic carbocycles. The molecule has 0 aliphatic heterocycles. The Morgan fingerprint density at radius 1 is 0.206 bits per heavy atom. The van der Waals surface area contributed by atoms with Crippen LogP contribution < -0.4 is 0 Å². The van der Waals surface area contributed by atoms with Gasteiger partial charge in [0.1, 0.15) is 0 Å². The van der Waals surface area contributed by atoms with E-state index < -0.39 is 0 Å². The molecule has 0 fully saturated rings. The predicted molar refractivity (Wildman–Crippen MR) is 285 cm³/mol. The summed E-state index contributed by atoms with van der Waals surface area (Å²) in [4.78, 5) is 12.1. The molecule has 0 heterocycles. The van der Waals surface area contributed by atoms with E-state index >= 15 is 0 Å². The first-order valence-corrected chi connectivity index (χ1v) is 30.5. The average molecular weight is 888 g/mol. The van der Waals surface area contributed by atoms with Crippen LogP contribution in [-0.4, -0.2) is 12.6 Å². The van der Waals surface area contributed by atoms with Crippen LogP contribution in [0.15, 0.2) is 0 Å². The van der Waals surface area contributed by atoms with Crippen molar-refractivity contribution in [2.24, 2.45) is 0 Å². The van der Waals surface area contributed by atoms with Crippen LogP contribution in [0.4, 0.5) is 0 Å². The zero-order valence-corrected chi connectivity index (χ0v) is 44.3. The molecule has 2 nitrogen and oxygen atoms in total. The number of rotatable bonds is 58. The van der Waals surface area contributed by atoms with Crippen molar-refractivity contribution in [3.63, 3.8) is 0 Å². The first-order chi connectivity index (χ1) is 31.3. The number of ether oxygens (including phenoxy) is 1. The zero-order valence-electron chi connectivity index (χ0n) is 44.3. The molecular weight excluding hydrogens is 765 g/mol. The molecule has 0 N–H and O–H groups in total. The second-order valence-electron chi connectivity index (χ2n) is 21.1. The lowest BCUT2D eigenvalue weighted by molar-refractivity contribution is -0.143. The van der Waals surface area contributed by atoms with E-state index in [4.69, 9.17) is 4.74 Å². The van der Waals surface area contributed by atoms with Gasteiger partial charge < -0.3 is 4.74 Å². The molecule has 0 amide bonds. The summed E-state index contributed by atoms with van der Waals surface area (Å²) in [5, 5.41) is 0. The molecule has 63 heavy (non-hydrogen) atoms. The van der Waals surface area contributed by atoms with Gasteiger partial charge in [0.25, 0.3) is 0 Å². The van der Waals surface area contributed by atoms with Crippen LogP contribution in [-0.2, 0) is 9.53 Å². The van der Waals surface area contributed by atoms with E-state index in [-0.39, 0.29) is 5.97 Å². The lowest BCUT2D eigenvalue weighted by Gasteiger charge is -2.06. The zero-order chi connectivity index (χ0) is 45.3. The van der Waals surface area contributed by atoms with E-state index in [0.717, 1.165) is 12.8 Å². The lowest BCUT2D eigenvalue weighted by Crippen LogP contribution is -2.05. The fraction of sp³-hybridized carbons (Fsp3) is 0.984. The lowest BCUT2D eigenvalue weighted by atomic mass is 10.0. The van der Waals surface area contributed by atoms with Crippen molar-refractivity contribution in [3.8, 4) is 0 Å². The molecule has 0 saturated heterocycles. The number of hydrogen-bond acceptors (Lipinski definition) is 2. The van der Waals surface area contributed by atoms with Gasteiger partial charge in [-0.1, -0.05) is 361 Å². The third kappa shape index (κ3) is 59.5. The van der Waals surface area contributed by atoms with Gasteiger partial charge in [0.05, 0.1) is 6.61 Å². The van der Waals surface area contributed by atoms with Gasteiger partial charge in [-0.2, -0.15) is 0 Å². The number of hydrogen-bond donors (Lipinski definition) is 0. The standard InChI is InChI=1S/C61H122O2/c1-3-5-7-9-11-13-15-17-19-21-23-25-27-28-29-30-31-32-33-34-35-36-37-38-39-41-43-45-47-49-51-53-55-57-59-61(62)63-60-58-56-54-52-50-48-46-44-42-40-26-24-22-20-18-16-14-12-10-8-6-4-2/h3-60H2,1-2H3. The van der Waals surface area contributed by atoms with E-state index in [1.54, 1.807) is 0 Å². The molecule has 0 unspecified atom stereocenters. The van der Waals surface area contributed by atoms with Crippen LogP contribution in [0.1, 0.15) is 380 Å². The molecule has 0 spiro atoms. The maximum atomic E-state index is 12.1. The maximum Gasteiger partial charge on any atom is 0.305 e. The van der Waals surface area contributed by atoms with Crippen molar-refractivity contribution in [1.29, 1.82) is 0 Å². The minimum Gasteiger partial charge on any atom is -0.466 e. The van der Waals surface area contributed by atoms with E-state index in [2.05, 4.69) is 13.8 Å². The molecule has 0 saturated carbocycles. The number of carbonyl (C=O) groups excluding carboxylic acids is 1. The Morgan fingerprint density at radius 2 is 0.349 bits per heavy atom. The molecular formula is C61H122O2. The van der Waals surface area contributed by atoms with Gasteiger partial charge >= 0.3 is 5.97 Å². The third-order valence-corrected chi connectivity index (χ3v) is 14.5. The SMILES string of the molecule is CCCCCCCCCCCCCCCCCCCCCCCCCCCCCCCCCCCCC(=O)OCCCCCCCCCCCCCCCCCCCCCCCC. The minimum absolute atomic E-state index is 0.0365. The van der Waals surface area contributed by atoms with Crippen LogP contribution in [0.5, 0.6) is 0 Å². The molecule has 2 heteroatoms. The maximum absolute atomic E-state index is 12.1. The van der Waals surface area contributed by atoms with Crippen LogP contribution >= 0.6 is 0 Å². The summed E-state index contributed by atoms with van der Waals surface area (Å²) < 4.78 is 5.52. The third-order valence-electron chi connectivity index (χ3n) is 14.5. The highest BCUT2D eigenvalue weighted by molar-refractivity contribution is 5.69. The number of esters is 1. The van der Waals surface area contributed by atoms with E-state index in [1.807, 2.05) is 0 Å². The minimum atomic E-state index is 0.0365. The second kappa shape index (κ2) is 59.5. The van der Waals surface area contributed by atoms with E-state index in [1.165, 1.54) is 347 Å². The Bertz CT molecular complexity index is 792.